The van der Waals surface area contributed by atoms with Gasteiger partial charge in [-0.25, -0.2) is 4.39 Å². The van der Waals surface area contributed by atoms with Crippen LogP contribution in [0, 0.1) is 5.82 Å². The monoisotopic (exact) mass is 264 g/mol. The molecule has 1 aliphatic heterocycles. The molecule has 0 aromatic heterocycles. The Hall–Kier alpha value is -2.21. The largest absolute Gasteiger partial charge is 0.496 e. The first-order valence-electron chi connectivity index (χ1n) is 5.70. The van der Waals surface area contributed by atoms with Crippen molar-refractivity contribution in [3.63, 3.8) is 0 Å². The number of nitrogens with two attached hydrogens (primary N) is 1. The molecule has 1 aliphatic rings. The normalized spacial score (nSPS) is 14.9. The van der Waals surface area contributed by atoms with E-state index >= 15 is 0 Å². The van der Waals surface area contributed by atoms with E-state index in [1.54, 1.807) is 0 Å². The summed E-state index contributed by atoms with van der Waals surface area (Å²) < 4.78 is 18.4. The third kappa shape index (κ3) is 2.34. The van der Waals surface area contributed by atoms with Crippen LogP contribution in [-0.4, -0.2) is 36.9 Å². The Morgan fingerprint density at radius 1 is 1.37 bits per heavy atom. The summed E-state index contributed by atoms with van der Waals surface area (Å²) in [6, 6.07) is 3.80. The first-order valence-corrected chi connectivity index (χ1v) is 5.70. The van der Waals surface area contributed by atoms with Gasteiger partial charge >= 0.3 is 0 Å². The molecule has 0 bridgehead atoms. The summed E-state index contributed by atoms with van der Waals surface area (Å²) in [5.41, 5.74) is 5.73. The lowest BCUT2D eigenvalue weighted by Gasteiger charge is -2.14. The number of carbonyl (C=O) groups excluding carboxylic acids is 2. The molecule has 0 aliphatic carbocycles. The highest BCUT2D eigenvalue weighted by atomic mass is 19.1. The third-order valence-electron chi connectivity index (χ3n) is 2.81. The Balaban J connectivity index is 2.43. The second-order valence-electron chi connectivity index (χ2n) is 3.99. The van der Waals surface area contributed by atoms with E-state index < -0.39 is 17.6 Å². The molecule has 0 saturated carbocycles. The second-order valence-corrected chi connectivity index (χ2v) is 3.99. The Bertz CT molecular complexity index is 569. The van der Waals surface area contributed by atoms with Gasteiger partial charge in [-0.15, -0.1) is 0 Å². The van der Waals surface area contributed by atoms with Gasteiger partial charge in [-0.2, -0.15) is 0 Å². The molecular weight excluding hydrogens is 251 g/mol. The van der Waals surface area contributed by atoms with Gasteiger partial charge in [0.05, 0.1) is 12.7 Å². The van der Waals surface area contributed by atoms with Crippen LogP contribution in [0.4, 0.5) is 4.39 Å². The zero-order valence-electron chi connectivity index (χ0n) is 10.4. The van der Waals surface area contributed by atoms with Crippen molar-refractivity contribution in [2.75, 3.05) is 20.2 Å². The molecule has 2 amide bonds. The maximum absolute atomic E-state index is 13.3. The first kappa shape index (κ1) is 13.2. The molecule has 100 valence electrons. The standard InChI is InChI=1S/C13H13FN2O3/c1-19-11-3-2-8(14)6-9(11)10-7-12(17)16(5-4-15)13(10)18/h2-3,6-7H,4-5,15H2,1H3. The van der Waals surface area contributed by atoms with Crippen molar-refractivity contribution in [3.05, 3.63) is 35.7 Å². The van der Waals surface area contributed by atoms with Gasteiger partial charge in [-0.3, -0.25) is 14.5 Å². The van der Waals surface area contributed by atoms with E-state index in [4.69, 9.17) is 10.5 Å². The fourth-order valence-corrected chi connectivity index (χ4v) is 1.93. The number of imide groups is 1. The van der Waals surface area contributed by atoms with Gasteiger partial charge in [-0.1, -0.05) is 0 Å². The summed E-state index contributed by atoms with van der Waals surface area (Å²) in [6.45, 7) is 0.314. The molecule has 19 heavy (non-hydrogen) atoms. The number of nitrogens with zero attached hydrogens (tertiary/aromatic N) is 1. The highest BCUT2D eigenvalue weighted by Gasteiger charge is 2.32. The highest BCUT2D eigenvalue weighted by molar-refractivity contribution is 6.33. The minimum Gasteiger partial charge on any atom is -0.496 e. The van der Waals surface area contributed by atoms with Crippen molar-refractivity contribution in [2.24, 2.45) is 5.73 Å². The Morgan fingerprint density at radius 2 is 2.11 bits per heavy atom. The lowest BCUT2D eigenvalue weighted by molar-refractivity contribution is -0.136. The molecule has 0 fully saturated rings. The van der Waals surface area contributed by atoms with Crippen molar-refractivity contribution < 1.29 is 18.7 Å². The highest BCUT2D eigenvalue weighted by Crippen LogP contribution is 2.31. The number of carbonyl (C=O) groups is 2. The van der Waals surface area contributed by atoms with Crippen LogP contribution >= 0.6 is 0 Å². The van der Waals surface area contributed by atoms with Crippen LogP contribution in [0.1, 0.15) is 5.56 Å². The Kier molecular flexibility index (Phi) is 3.62. The molecule has 6 heteroatoms. The van der Waals surface area contributed by atoms with Crippen molar-refractivity contribution in [1.82, 2.24) is 4.90 Å². The minimum absolute atomic E-state index is 0.120. The molecule has 0 saturated heterocycles. The molecule has 0 spiro atoms. The smallest absolute Gasteiger partial charge is 0.261 e. The van der Waals surface area contributed by atoms with E-state index in [0.29, 0.717) is 5.75 Å². The molecule has 2 rings (SSSR count). The lowest BCUT2D eigenvalue weighted by Crippen LogP contribution is -2.35. The van der Waals surface area contributed by atoms with Crippen LogP contribution in [-0.2, 0) is 9.59 Å². The maximum atomic E-state index is 13.3. The molecule has 1 aromatic carbocycles. The molecule has 0 radical (unpaired) electrons. The average Bonchev–Trinajstić information content (AvgIpc) is 2.67. The van der Waals surface area contributed by atoms with Gasteiger partial charge in [0.1, 0.15) is 11.6 Å². The second kappa shape index (κ2) is 5.19. The number of methoxy groups -OCH3 is 1. The third-order valence-corrected chi connectivity index (χ3v) is 2.81. The summed E-state index contributed by atoms with van der Waals surface area (Å²) >= 11 is 0. The summed E-state index contributed by atoms with van der Waals surface area (Å²) in [4.78, 5) is 24.8. The summed E-state index contributed by atoms with van der Waals surface area (Å²) in [6.07, 6.45) is 1.18. The topological polar surface area (TPSA) is 72.6 Å². The van der Waals surface area contributed by atoms with E-state index in [-0.39, 0.29) is 24.2 Å². The van der Waals surface area contributed by atoms with Gasteiger partial charge in [0.15, 0.2) is 0 Å². The summed E-state index contributed by atoms with van der Waals surface area (Å²) in [7, 11) is 1.41. The van der Waals surface area contributed by atoms with Crippen LogP contribution in [0.25, 0.3) is 5.57 Å². The predicted molar refractivity (Wildman–Crippen MR) is 66.7 cm³/mol. The number of hydrogen-bond donors (Lipinski definition) is 1. The van der Waals surface area contributed by atoms with Crippen molar-refractivity contribution >= 4 is 17.4 Å². The number of benzene rings is 1. The van der Waals surface area contributed by atoms with Gasteiger partial charge in [0.2, 0.25) is 0 Å². The number of halogens is 1. The van der Waals surface area contributed by atoms with E-state index in [0.717, 1.165) is 4.90 Å². The number of hydrogen-bond acceptors (Lipinski definition) is 4. The van der Waals surface area contributed by atoms with E-state index in [2.05, 4.69) is 0 Å². The number of amides is 2. The van der Waals surface area contributed by atoms with Crippen LogP contribution in [0.5, 0.6) is 5.75 Å². The fraction of sp³-hybridized carbons (Fsp3) is 0.231. The van der Waals surface area contributed by atoms with E-state index in [1.165, 1.54) is 31.4 Å². The summed E-state index contributed by atoms with van der Waals surface area (Å²) in [5, 5.41) is 0. The van der Waals surface area contributed by atoms with Gasteiger partial charge in [0, 0.05) is 24.7 Å². The van der Waals surface area contributed by atoms with E-state index in [9.17, 15) is 14.0 Å². The number of rotatable bonds is 4. The number of ether oxygens (including phenoxy) is 1. The van der Waals surface area contributed by atoms with Crippen molar-refractivity contribution in [1.29, 1.82) is 0 Å². The maximum Gasteiger partial charge on any atom is 0.261 e. The zero-order valence-corrected chi connectivity index (χ0v) is 10.4. The predicted octanol–water partition coefficient (Wildman–Crippen LogP) is 0.545. The van der Waals surface area contributed by atoms with E-state index in [1.807, 2.05) is 0 Å². The van der Waals surface area contributed by atoms with Crippen LogP contribution in [0.2, 0.25) is 0 Å². The lowest BCUT2D eigenvalue weighted by atomic mass is 10.0. The van der Waals surface area contributed by atoms with Gasteiger partial charge < -0.3 is 10.5 Å². The summed E-state index contributed by atoms with van der Waals surface area (Å²) in [5.74, 6) is -1.10. The molecule has 0 unspecified atom stereocenters. The first-order chi connectivity index (χ1) is 9.08. The molecule has 0 atom stereocenters. The van der Waals surface area contributed by atoms with Crippen LogP contribution in [0.3, 0.4) is 0 Å². The Morgan fingerprint density at radius 3 is 2.74 bits per heavy atom. The molecule has 2 N–H and O–H groups in total. The van der Waals surface area contributed by atoms with Gasteiger partial charge in [-0.05, 0) is 18.2 Å². The molecular formula is C13H13FN2O3. The quantitative estimate of drug-likeness (QED) is 0.806. The van der Waals surface area contributed by atoms with Crippen LogP contribution < -0.4 is 10.5 Å². The molecule has 1 heterocycles. The molecule has 5 nitrogen and oxygen atoms in total. The van der Waals surface area contributed by atoms with Crippen LogP contribution in [0.15, 0.2) is 24.3 Å². The zero-order chi connectivity index (χ0) is 14.0. The van der Waals surface area contributed by atoms with Crippen molar-refractivity contribution in [3.8, 4) is 5.75 Å². The van der Waals surface area contributed by atoms with Gasteiger partial charge in [0.25, 0.3) is 11.8 Å². The Labute approximate surface area is 109 Å². The minimum atomic E-state index is -0.505. The average molecular weight is 264 g/mol. The molecule has 1 aromatic rings. The fourth-order valence-electron chi connectivity index (χ4n) is 1.93. The van der Waals surface area contributed by atoms with Crippen molar-refractivity contribution in [2.45, 2.75) is 0 Å². The SMILES string of the molecule is COc1ccc(F)cc1C1=CC(=O)N(CCN)C1=O.